The smallest absolute Gasteiger partial charge is 0.148 e. The van der Waals surface area contributed by atoms with E-state index in [1.54, 1.807) is 30.5 Å². The van der Waals surface area contributed by atoms with Crippen LogP contribution >= 0.6 is 11.6 Å². The number of rotatable bonds is 2. The average molecular weight is 303 g/mol. The number of aromatic nitrogens is 2. The van der Waals surface area contributed by atoms with Gasteiger partial charge in [-0.05, 0) is 42.8 Å². The zero-order chi connectivity index (χ0) is 15.0. The van der Waals surface area contributed by atoms with Crippen molar-refractivity contribution in [3.63, 3.8) is 0 Å². The van der Waals surface area contributed by atoms with E-state index in [0.717, 1.165) is 0 Å². The van der Waals surface area contributed by atoms with Gasteiger partial charge in [-0.3, -0.25) is 9.97 Å². The predicted molar refractivity (Wildman–Crippen MR) is 79.6 cm³/mol. The van der Waals surface area contributed by atoms with Crippen LogP contribution in [0.1, 0.15) is 18.2 Å². The van der Waals surface area contributed by atoms with E-state index >= 15 is 0 Å². The molecule has 0 aliphatic carbocycles. The molecule has 1 N–H and O–H groups in total. The summed E-state index contributed by atoms with van der Waals surface area (Å²) in [4.78, 5) is 8.15. The molecule has 3 nitrogen and oxygen atoms in total. The van der Waals surface area contributed by atoms with Crippen LogP contribution in [0, 0.1) is 5.82 Å². The van der Waals surface area contributed by atoms with Crippen molar-refractivity contribution in [3.8, 4) is 0 Å². The summed E-state index contributed by atoms with van der Waals surface area (Å²) in [5, 5.41) is 12.0. The van der Waals surface area contributed by atoms with Crippen LogP contribution in [0.5, 0.6) is 0 Å². The minimum atomic E-state index is -1.56. The number of nitrogens with zero attached hydrogens (tertiary/aromatic N) is 2. The zero-order valence-electron chi connectivity index (χ0n) is 11.2. The maximum Gasteiger partial charge on any atom is 0.148 e. The number of aliphatic hydroxyl groups is 1. The first kappa shape index (κ1) is 13.9. The number of halogens is 2. The van der Waals surface area contributed by atoms with Gasteiger partial charge in [-0.2, -0.15) is 0 Å². The quantitative estimate of drug-likeness (QED) is 0.785. The number of hydrogen-bond acceptors (Lipinski definition) is 3. The Morgan fingerprint density at radius 2 is 1.95 bits per heavy atom. The molecule has 0 aliphatic heterocycles. The van der Waals surface area contributed by atoms with Crippen LogP contribution in [0.15, 0.2) is 48.8 Å². The first-order valence-electron chi connectivity index (χ1n) is 6.38. The van der Waals surface area contributed by atoms with Crippen molar-refractivity contribution in [3.05, 3.63) is 70.9 Å². The Bertz CT molecular complexity index is 820. The molecule has 2 aromatic heterocycles. The summed E-state index contributed by atoms with van der Waals surface area (Å²) < 4.78 is 13.9. The molecule has 1 aromatic carbocycles. The number of benzene rings is 1. The molecule has 3 aromatic rings. The van der Waals surface area contributed by atoms with Crippen LogP contribution in [0.3, 0.4) is 0 Å². The van der Waals surface area contributed by atoms with E-state index in [9.17, 15) is 9.50 Å². The van der Waals surface area contributed by atoms with Gasteiger partial charge in [-0.15, -0.1) is 0 Å². The lowest BCUT2D eigenvalue weighted by atomic mass is 9.90. The van der Waals surface area contributed by atoms with Gasteiger partial charge in [-0.1, -0.05) is 17.7 Å². The lowest BCUT2D eigenvalue weighted by Gasteiger charge is -2.24. The molecule has 106 valence electrons. The second-order valence-corrected chi connectivity index (χ2v) is 5.34. The molecule has 1 unspecified atom stereocenters. The summed E-state index contributed by atoms with van der Waals surface area (Å²) in [6.07, 6.45) is 3.06. The zero-order valence-corrected chi connectivity index (χ0v) is 12.0. The first-order valence-corrected chi connectivity index (χ1v) is 6.76. The van der Waals surface area contributed by atoms with Crippen LogP contribution < -0.4 is 0 Å². The topological polar surface area (TPSA) is 46.0 Å². The molecule has 5 heteroatoms. The summed E-state index contributed by atoms with van der Waals surface area (Å²) in [5.74, 6) is -0.556. The fourth-order valence-corrected chi connectivity index (χ4v) is 2.50. The van der Waals surface area contributed by atoms with Crippen LogP contribution in [0.25, 0.3) is 10.9 Å². The third kappa shape index (κ3) is 2.37. The summed E-state index contributed by atoms with van der Waals surface area (Å²) >= 11 is 6.15. The molecule has 3 rings (SSSR count). The highest BCUT2D eigenvalue weighted by molar-refractivity contribution is 6.35. The van der Waals surface area contributed by atoms with Crippen LogP contribution in [0.4, 0.5) is 4.39 Å². The maximum atomic E-state index is 13.9. The summed E-state index contributed by atoms with van der Waals surface area (Å²) in [5.41, 5.74) is -0.367. The van der Waals surface area contributed by atoms with E-state index in [2.05, 4.69) is 9.97 Å². The minimum Gasteiger partial charge on any atom is -0.379 e. The van der Waals surface area contributed by atoms with E-state index in [1.807, 2.05) is 0 Å². The molecule has 0 amide bonds. The largest absolute Gasteiger partial charge is 0.379 e. The number of hydrogen-bond donors (Lipinski definition) is 1. The molecule has 0 radical (unpaired) electrons. The SMILES string of the molecule is CC(O)(c1ccc2nccc(Cl)c2c1)c1ncccc1F. The second-order valence-electron chi connectivity index (χ2n) is 4.93. The molecule has 0 bridgehead atoms. The molecule has 2 heterocycles. The highest BCUT2D eigenvalue weighted by Gasteiger charge is 2.30. The van der Waals surface area contributed by atoms with E-state index in [1.165, 1.54) is 25.3 Å². The lowest BCUT2D eigenvalue weighted by molar-refractivity contribution is 0.0929. The summed E-state index contributed by atoms with van der Waals surface area (Å²) in [7, 11) is 0. The van der Waals surface area contributed by atoms with Crippen molar-refractivity contribution >= 4 is 22.5 Å². The van der Waals surface area contributed by atoms with Gasteiger partial charge in [-0.25, -0.2) is 4.39 Å². The van der Waals surface area contributed by atoms with E-state index in [0.29, 0.717) is 21.5 Å². The van der Waals surface area contributed by atoms with Gasteiger partial charge in [0.1, 0.15) is 17.1 Å². The van der Waals surface area contributed by atoms with E-state index in [4.69, 9.17) is 11.6 Å². The Labute approximate surface area is 126 Å². The van der Waals surface area contributed by atoms with Crippen molar-refractivity contribution in [1.29, 1.82) is 0 Å². The molecular weight excluding hydrogens is 291 g/mol. The van der Waals surface area contributed by atoms with Gasteiger partial charge in [0.25, 0.3) is 0 Å². The molecule has 1 atom stereocenters. The van der Waals surface area contributed by atoms with Crippen molar-refractivity contribution in [2.75, 3.05) is 0 Å². The van der Waals surface area contributed by atoms with Gasteiger partial charge in [0, 0.05) is 17.8 Å². The van der Waals surface area contributed by atoms with Crippen molar-refractivity contribution in [2.24, 2.45) is 0 Å². The Morgan fingerprint density at radius 1 is 1.14 bits per heavy atom. The van der Waals surface area contributed by atoms with Crippen LogP contribution in [-0.4, -0.2) is 15.1 Å². The standard InChI is InChI=1S/C16H12ClFN2O/c1-16(21,15-13(18)3-2-7-20-15)10-4-5-14-11(9-10)12(17)6-8-19-14/h2-9,21H,1H3. The Kier molecular flexibility index (Phi) is 3.35. The van der Waals surface area contributed by atoms with Crippen molar-refractivity contribution < 1.29 is 9.50 Å². The molecular formula is C16H12ClFN2O. The average Bonchev–Trinajstić information content (AvgIpc) is 2.47. The van der Waals surface area contributed by atoms with Crippen molar-refractivity contribution in [1.82, 2.24) is 9.97 Å². The number of pyridine rings is 2. The Hall–Kier alpha value is -2.04. The van der Waals surface area contributed by atoms with Crippen LogP contribution in [-0.2, 0) is 5.60 Å². The molecule has 0 fully saturated rings. The summed E-state index contributed by atoms with van der Waals surface area (Å²) in [6.45, 7) is 1.50. The third-order valence-corrected chi connectivity index (χ3v) is 3.80. The molecule has 0 aliphatic rings. The van der Waals surface area contributed by atoms with Gasteiger partial charge >= 0.3 is 0 Å². The van der Waals surface area contributed by atoms with E-state index < -0.39 is 11.4 Å². The fraction of sp³-hybridized carbons (Fsp3) is 0.125. The minimum absolute atomic E-state index is 0.0237. The molecule has 0 saturated heterocycles. The normalized spacial score (nSPS) is 14.1. The first-order chi connectivity index (χ1) is 10.00. The Balaban J connectivity index is 2.19. The molecule has 21 heavy (non-hydrogen) atoms. The number of fused-ring (bicyclic) bond motifs is 1. The monoisotopic (exact) mass is 302 g/mol. The summed E-state index contributed by atoms with van der Waals surface area (Å²) in [6, 6.07) is 9.57. The maximum absolute atomic E-state index is 13.9. The van der Waals surface area contributed by atoms with E-state index in [-0.39, 0.29) is 5.69 Å². The second kappa shape index (κ2) is 5.06. The molecule has 0 spiro atoms. The molecule has 0 saturated carbocycles. The van der Waals surface area contributed by atoms with Gasteiger partial charge in [0.05, 0.1) is 10.5 Å². The predicted octanol–water partition coefficient (Wildman–Crippen LogP) is 3.68. The highest BCUT2D eigenvalue weighted by Crippen LogP contribution is 2.32. The van der Waals surface area contributed by atoms with Crippen molar-refractivity contribution in [2.45, 2.75) is 12.5 Å². The fourth-order valence-electron chi connectivity index (χ4n) is 2.30. The van der Waals surface area contributed by atoms with Gasteiger partial charge < -0.3 is 5.11 Å². The highest BCUT2D eigenvalue weighted by atomic mass is 35.5. The third-order valence-electron chi connectivity index (χ3n) is 3.47. The lowest BCUT2D eigenvalue weighted by Crippen LogP contribution is -2.25. The van der Waals surface area contributed by atoms with Crippen LogP contribution in [0.2, 0.25) is 5.02 Å². The Morgan fingerprint density at radius 3 is 2.71 bits per heavy atom. The van der Waals surface area contributed by atoms with Gasteiger partial charge in [0.2, 0.25) is 0 Å². The van der Waals surface area contributed by atoms with Gasteiger partial charge in [0.15, 0.2) is 0 Å².